The lowest BCUT2D eigenvalue weighted by molar-refractivity contribution is -0.0387. The maximum atomic E-state index is 12.6. The summed E-state index contributed by atoms with van der Waals surface area (Å²) in [7, 11) is 0. The topological polar surface area (TPSA) is 77.7 Å². The molecule has 1 saturated heterocycles. The number of hydrogen-bond acceptors (Lipinski definition) is 6. The minimum atomic E-state index is 0.0120. The van der Waals surface area contributed by atoms with Gasteiger partial charge in [0.25, 0.3) is 5.91 Å². The molecule has 1 aliphatic rings. The molecular weight excluding hydrogens is 310 g/mol. The zero-order valence-electron chi connectivity index (χ0n) is 14.1. The molecule has 0 N–H and O–H groups in total. The summed E-state index contributed by atoms with van der Waals surface area (Å²) in [5.41, 5.74) is 0.638. The molecule has 0 radical (unpaired) electrons. The molecule has 7 nitrogen and oxygen atoms in total. The molecule has 0 spiro atoms. The van der Waals surface area contributed by atoms with E-state index < -0.39 is 0 Å². The molecule has 0 bridgehead atoms. The summed E-state index contributed by atoms with van der Waals surface area (Å²) in [5.74, 6) is 1.66. The minimum absolute atomic E-state index is 0.0120. The number of nitrogens with zero attached hydrogens (tertiary/aromatic N) is 3. The molecule has 0 saturated carbocycles. The fourth-order valence-electron chi connectivity index (χ4n) is 2.59. The fourth-order valence-corrected chi connectivity index (χ4v) is 2.59. The number of rotatable bonds is 4. The molecule has 1 aliphatic heterocycles. The Bertz CT molecular complexity index is 698. The first kappa shape index (κ1) is 16.4. The zero-order chi connectivity index (χ0) is 17.1. The summed E-state index contributed by atoms with van der Waals surface area (Å²) in [4.78, 5) is 18.6. The van der Waals surface area contributed by atoms with Crippen LogP contribution in [-0.2, 0) is 11.3 Å². The third-order valence-corrected chi connectivity index (χ3v) is 3.91. The van der Waals surface area contributed by atoms with Crippen molar-refractivity contribution < 1.29 is 18.8 Å². The highest BCUT2D eigenvalue weighted by atomic mass is 16.5. The van der Waals surface area contributed by atoms with E-state index in [-0.39, 0.29) is 24.7 Å². The molecule has 2 aromatic rings. The number of hydrogen-bond donors (Lipinski definition) is 0. The highest BCUT2D eigenvalue weighted by Gasteiger charge is 2.28. The van der Waals surface area contributed by atoms with Crippen molar-refractivity contribution in [1.29, 1.82) is 0 Å². The normalized spacial score (nSPS) is 20.9. The van der Waals surface area contributed by atoms with Crippen molar-refractivity contribution in [2.75, 3.05) is 13.2 Å². The van der Waals surface area contributed by atoms with Crippen molar-refractivity contribution in [1.82, 2.24) is 15.0 Å². The molecule has 0 unspecified atom stereocenters. The Morgan fingerprint density at radius 2 is 2.08 bits per heavy atom. The van der Waals surface area contributed by atoms with Gasteiger partial charge in [0, 0.05) is 19.0 Å². The van der Waals surface area contributed by atoms with Gasteiger partial charge in [0.15, 0.2) is 6.61 Å². The number of aryl methyl sites for hydroxylation is 1. The van der Waals surface area contributed by atoms with Crippen LogP contribution in [0.2, 0.25) is 0 Å². The van der Waals surface area contributed by atoms with Crippen LogP contribution in [0.4, 0.5) is 0 Å². The van der Waals surface area contributed by atoms with Gasteiger partial charge in [-0.05, 0) is 38.1 Å². The number of carbonyl (C=O) groups excluding carboxylic acids is 1. The van der Waals surface area contributed by atoms with Gasteiger partial charge in [-0.3, -0.25) is 4.79 Å². The Morgan fingerprint density at radius 3 is 2.75 bits per heavy atom. The van der Waals surface area contributed by atoms with Crippen LogP contribution in [0.1, 0.15) is 35.9 Å². The highest BCUT2D eigenvalue weighted by Crippen LogP contribution is 2.18. The lowest BCUT2D eigenvalue weighted by Gasteiger charge is -2.36. The molecule has 3 rings (SSSR count). The number of benzene rings is 1. The maximum Gasteiger partial charge on any atom is 0.254 e. The lowest BCUT2D eigenvalue weighted by atomic mass is 10.1. The summed E-state index contributed by atoms with van der Waals surface area (Å²) in [6.07, 6.45) is 0.0613. The predicted octanol–water partition coefficient (Wildman–Crippen LogP) is 2.21. The van der Waals surface area contributed by atoms with Crippen LogP contribution in [0.25, 0.3) is 0 Å². The molecule has 128 valence electrons. The van der Waals surface area contributed by atoms with E-state index in [9.17, 15) is 4.79 Å². The third kappa shape index (κ3) is 3.73. The summed E-state index contributed by atoms with van der Waals surface area (Å²) in [6.45, 7) is 7.09. The van der Waals surface area contributed by atoms with Crippen molar-refractivity contribution in [3.8, 4) is 5.75 Å². The second-order valence-electron chi connectivity index (χ2n) is 5.99. The van der Waals surface area contributed by atoms with Crippen LogP contribution in [0.15, 0.2) is 28.8 Å². The molecule has 1 aromatic heterocycles. The largest absolute Gasteiger partial charge is 0.485 e. The molecule has 1 amide bonds. The second kappa shape index (κ2) is 7.00. The van der Waals surface area contributed by atoms with Gasteiger partial charge in [-0.15, -0.1) is 0 Å². The van der Waals surface area contributed by atoms with Gasteiger partial charge in [0.05, 0.1) is 18.8 Å². The quantitative estimate of drug-likeness (QED) is 0.855. The molecule has 0 aliphatic carbocycles. The Balaban J connectivity index is 1.62. The van der Waals surface area contributed by atoms with E-state index in [0.717, 1.165) is 0 Å². The number of carbonyl (C=O) groups is 1. The predicted molar refractivity (Wildman–Crippen MR) is 85.7 cm³/mol. The fraction of sp³-hybridized carbons (Fsp3) is 0.471. The van der Waals surface area contributed by atoms with Crippen molar-refractivity contribution in [2.45, 2.75) is 39.5 Å². The molecule has 24 heavy (non-hydrogen) atoms. The molecule has 2 atom stereocenters. The van der Waals surface area contributed by atoms with E-state index in [1.54, 1.807) is 31.2 Å². The summed E-state index contributed by atoms with van der Waals surface area (Å²) in [6, 6.07) is 7.16. The van der Waals surface area contributed by atoms with Gasteiger partial charge in [-0.1, -0.05) is 5.16 Å². The van der Waals surface area contributed by atoms with Crippen LogP contribution >= 0.6 is 0 Å². The van der Waals surface area contributed by atoms with Gasteiger partial charge >= 0.3 is 0 Å². The van der Waals surface area contributed by atoms with Crippen LogP contribution in [0, 0.1) is 6.92 Å². The van der Waals surface area contributed by atoms with Crippen LogP contribution in [0.5, 0.6) is 5.75 Å². The molecule has 1 aromatic carbocycles. The standard InChI is InChI=1S/C17H21N3O4/c1-11-9-22-12(2)8-20(11)17(21)14-4-6-15(7-5-14)23-10-16-18-13(3)24-19-16/h4-7,11-12H,8-10H2,1-3H3/t11-,12-/m0/s1. The third-order valence-electron chi connectivity index (χ3n) is 3.91. The van der Waals surface area contributed by atoms with Gasteiger partial charge in [0.2, 0.25) is 11.7 Å². The number of aromatic nitrogens is 2. The minimum Gasteiger partial charge on any atom is -0.485 e. The average molecular weight is 331 g/mol. The average Bonchev–Trinajstić information content (AvgIpc) is 3.00. The summed E-state index contributed by atoms with van der Waals surface area (Å²) in [5, 5.41) is 3.77. The number of amides is 1. The SMILES string of the molecule is Cc1nc(COc2ccc(C(=O)N3C[C@H](C)OC[C@@H]3C)cc2)no1. The van der Waals surface area contributed by atoms with E-state index in [1.807, 2.05) is 18.7 Å². The van der Waals surface area contributed by atoms with Crippen molar-refractivity contribution in [3.05, 3.63) is 41.5 Å². The molecular formula is C17H21N3O4. The second-order valence-corrected chi connectivity index (χ2v) is 5.99. The summed E-state index contributed by atoms with van der Waals surface area (Å²) < 4.78 is 16.0. The van der Waals surface area contributed by atoms with E-state index in [0.29, 0.717) is 36.2 Å². The number of morpholine rings is 1. The van der Waals surface area contributed by atoms with E-state index in [1.165, 1.54) is 0 Å². The van der Waals surface area contributed by atoms with Crippen LogP contribution < -0.4 is 4.74 Å². The molecule has 2 heterocycles. The van der Waals surface area contributed by atoms with Crippen molar-refractivity contribution >= 4 is 5.91 Å². The Labute approximate surface area is 140 Å². The maximum absolute atomic E-state index is 12.6. The van der Waals surface area contributed by atoms with E-state index >= 15 is 0 Å². The first-order chi connectivity index (χ1) is 11.5. The highest BCUT2D eigenvalue weighted by molar-refractivity contribution is 5.94. The van der Waals surface area contributed by atoms with E-state index in [2.05, 4.69) is 10.1 Å². The van der Waals surface area contributed by atoms with Gasteiger partial charge in [-0.25, -0.2) is 0 Å². The number of ether oxygens (including phenoxy) is 2. The zero-order valence-corrected chi connectivity index (χ0v) is 14.1. The van der Waals surface area contributed by atoms with Crippen molar-refractivity contribution in [2.24, 2.45) is 0 Å². The summed E-state index contributed by atoms with van der Waals surface area (Å²) >= 11 is 0. The Morgan fingerprint density at radius 1 is 1.33 bits per heavy atom. The monoisotopic (exact) mass is 331 g/mol. The van der Waals surface area contributed by atoms with Crippen LogP contribution in [-0.4, -0.2) is 46.2 Å². The van der Waals surface area contributed by atoms with Gasteiger partial charge < -0.3 is 18.9 Å². The Hall–Kier alpha value is -2.41. The van der Waals surface area contributed by atoms with Crippen molar-refractivity contribution in [3.63, 3.8) is 0 Å². The lowest BCUT2D eigenvalue weighted by Crippen LogP contribution is -2.50. The van der Waals surface area contributed by atoms with Crippen LogP contribution in [0.3, 0.4) is 0 Å². The Kier molecular flexibility index (Phi) is 4.80. The van der Waals surface area contributed by atoms with Gasteiger partial charge in [0.1, 0.15) is 5.75 Å². The van der Waals surface area contributed by atoms with E-state index in [4.69, 9.17) is 14.0 Å². The van der Waals surface area contributed by atoms with Gasteiger partial charge in [-0.2, -0.15) is 4.98 Å². The smallest absolute Gasteiger partial charge is 0.254 e. The molecule has 7 heteroatoms. The molecule has 1 fully saturated rings. The first-order valence-electron chi connectivity index (χ1n) is 7.97. The first-order valence-corrected chi connectivity index (χ1v) is 7.97.